The molecule has 0 radical (unpaired) electrons. The number of piperidine rings is 1. The second-order valence-corrected chi connectivity index (χ2v) is 6.49. The molecule has 0 atom stereocenters. The molecule has 0 aromatic heterocycles. The van der Waals surface area contributed by atoms with E-state index < -0.39 is 0 Å². The fourth-order valence-electron chi connectivity index (χ4n) is 2.27. The van der Waals surface area contributed by atoms with Gasteiger partial charge in [0.15, 0.2) is 0 Å². The lowest BCUT2D eigenvalue weighted by Gasteiger charge is -2.39. The summed E-state index contributed by atoms with van der Waals surface area (Å²) >= 11 is 9.30. The topological polar surface area (TPSA) is 32.3 Å². The van der Waals surface area contributed by atoms with Gasteiger partial charge < -0.3 is 10.2 Å². The van der Waals surface area contributed by atoms with Crippen LogP contribution in [0.1, 0.15) is 30.1 Å². The number of likely N-dealkylation sites (tertiary alicyclic amines) is 1. The molecule has 0 aliphatic carbocycles. The van der Waals surface area contributed by atoms with E-state index in [2.05, 4.69) is 28.2 Å². The van der Waals surface area contributed by atoms with Crippen LogP contribution >= 0.6 is 27.5 Å². The van der Waals surface area contributed by atoms with Gasteiger partial charge in [0.1, 0.15) is 0 Å². The van der Waals surface area contributed by atoms with E-state index in [1.54, 1.807) is 18.2 Å². The third kappa shape index (κ3) is 3.30. The monoisotopic (exact) mass is 344 g/mol. The Morgan fingerprint density at radius 1 is 1.42 bits per heavy atom. The summed E-state index contributed by atoms with van der Waals surface area (Å²) < 4.78 is 0.761. The molecule has 19 heavy (non-hydrogen) atoms. The van der Waals surface area contributed by atoms with E-state index >= 15 is 0 Å². The maximum Gasteiger partial charge on any atom is 0.253 e. The van der Waals surface area contributed by atoms with Gasteiger partial charge in [-0.05, 0) is 60.9 Å². The average Bonchev–Trinajstić information content (AvgIpc) is 2.42. The molecule has 1 aliphatic heterocycles. The fourth-order valence-corrected chi connectivity index (χ4v) is 2.76. The quantitative estimate of drug-likeness (QED) is 0.892. The Bertz CT molecular complexity index is 484. The molecule has 1 N–H and O–H groups in total. The van der Waals surface area contributed by atoms with Gasteiger partial charge in [0, 0.05) is 28.7 Å². The van der Waals surface area contributed by atoms with Gasteiger partial charge in [0.25, 0.3) is 5.91 Å². The van der Waals surface area contributed by atoms with Crippen LogP contribution in [0.25, 0.3) is 0 Å². The first kappa shape index (κ1) is 14.8. The highest BCUT2D eigenvalue weighted by Crippen LogP contribution is 2.26. The van der Waals surface area contributed by atoms with Crippen molar-refractivity contribution >= 4 is 33.4 Å². The SMILES string of the molecule is CNC1(C)CCN(C(=O)c2ccc(Cl)c(Br)c2)CC1. The number of amides is 1. The van der Waals surface area contributed by atoms with Crippen molar-refractivity contribution in [3.63, 3.8) is 0 Å². The Morgan fingerprint density at radius 3 is 2.58 bits per heavy atom. The van der Waals surface area contributed by atoms with E-state index in [9.17, 15) is 4.79 Å². The zero-order chi connectivity index (χ0) is 14.0. The number of nitrogens with one attached hydrogen (secondary N) is 1. The van der Waals surface area contributed by atoms with Crippen molar-refractivity contribution < 1.29 is 4.79 Å². The van der Waals surface area contributed by atoms with E-state index in [0.29, 0.717) is 10.6 Å². The Hall–Kier alpha value is -0.580. The fraction of sp³-hybridized carbons (Fsp3) is 0.500. The van der Waals surface area contributed by atoms with Gasteiger partial charge in [-0.15, -0.1) is 0 Å². The van der Waals surface area contributed by atoms with Gasteiger partial charge in [-0.2, -0.15) is 0 Å². The first-order valence-corrected chi connectivity index (χ1v) is 7.55. The molecule has 1 aromatic carbocycles. The Balaban J connectivity index is 2.07. The number of nitrogens with zero attached hydrogens (tertiary/aromatic N) is 1. The number of rotatable bonds is 2. The van der Waals surface area contributed by atoms with Crippen LogP contribution in [0.3, 0.4) is 0 Å². The highest BCUT2D eigenvalue weighted by atomic mass is 79.9. The van der Waals surface area contributed by atoms with Gasteiger partial charge in [-0.25, -0.2) is 0 Å². The maximum atomic E-state index is 12.4. The summed E-state index contributed by atoms with van der Waals surface area (Å²) in [5.41, 5.74) is 0.835. The van der Waals surface area contributed by atoms with Gasteiger partial charge in [0.2, 0.25) is 0 Å². The second kappa shape index (κ2) is 5.81. The first-order valence-electron chi connectivity index (χ1n) is 6.38. The highest BCUT2D eigenvalue weighted by Gasteiger charge is 2.30. The number of halogens is 2. The summed E-state index contributed by atoms with van der Waals surface area (Å²) in [6.07, 6.45) is 1.95. The summed E-state index contributed by atoms with van der Waals surface area (Å²) in [6.45, 7) is 3.78. The Labute approximate surface area is 127 Å². The molecule has 1 fully saturated rings. The van der Waals surface area contributed by atoms with E-state index in [1.165, 1.54) is 0 Å². The van der Waals surface area contributed by atoms with Crippen molar-refractivity contribution in [2.45, 2.75) is 25.3 Å². The number of hydrogen-bond acceptors (Lipinski definition) is 2. The molecule has 3 nitrogen and oxygen atoms in total. The Morgan fingerprint density at radius 2 is 2.05 bits per heavy atom. The van der Waals surface area contributed by atoms with E-state index in [0.717, 1.165) is 30.4 Å². The van der Waals surface area contributed by atoms with Crippen molar-refractivity contribution in [2.24, 2.45) is 0 Å². The lowest BCUT2D eigenvalue weighted by atomic mass is 9.89. The standard InChI is InChI=1S/C14H18BrClN2O/c1-14(17-2)5-7-18(8-6-14)13(19)10-3-4-12(16)11(15)9-10/h3-4,9,17H,5-8H2,1-2H3. The lowest BCUT2D eigenvalue weighted by Crippen LogP contribution is -2.51. The largest absolute Gasteiger partial charge is 0.339 e. The van der Waals surface area contributed by atoms with Gasteiger partial charge in [-0.3, -0.25) is 4.79 Å². The van der Waals surface area contributed by atoms with E-state index in [1.807, 2.05) is 11.9 Å². The van der Waals surface area contributed by atoms with Crippen molar-refractivity contribution in [1.29, 1.82) is 0 Å². The van der Waals surface area contributed by atoms with E-state index in [4.69, 9.17) is 11.6 Å². The highest BCUT2D eigenvalue weighted by molar-refractivity contribution is 9.10. The smallest absolute Gasteiger partial charge is 0.253 e. The lowest BCUT2D eigenvalue weighted by molar-refractivity contribution is 0.0662. The maximum absolute atomic E-state index is 12.4. The van der Waals surface area contributed by atoms with Crippen LogP contribution in [0.2, 0.25) is 5.02 Å². The first-order chi connectivity index (χ1) is 8.95. The average molecular weight is 346 g/mol. The molecule has 1 saturated heterocycles. The zero-order valence-corrected chi connectivity index (χ0v) is 13.5. The molecular weight excluding hydrogens is 328 g/mol. The molecule has 1 aromatic rings. The van der Waals surface area contributed by atoms with Crippen molar-refractivity contribution in [3.05, 3.63) is 33.3 Å². The number of benzene rings is 1. The van der Waals surface area contributed by atoms with Crippen LogP contribution in [0, 0.1) is 0 Å². The number of carbonyl (C=O) groups is 1. The summed E-state index contributed by atoms with van der Waals surface area (Å²) in [5.74, 6) is 0.0792. The molecule has 5 heteroatoms. The Kier molecular flexibility index (Phi) is 4.54. The molecule has 0 saturated carbocycles. The minimum atomic E-state index is 0.0792. The van der Waals surface area contributed by atoms with Crippen LogP contribution in [0.15, 0.2) is 22.7 Å². The summed E-state index contributed by atoms with van der Waals surface area (Å²) in [7, 11) is 1.98. The minimum absolute atomic E-state index is 0.0792. The van der Waals surface area contributed by atoms with Crippen LogP contribution in [0.5, 0.6) is 0 Å². The second-order valence-electron chi connectivity index (χ2n) is 5.23. The van der Waals surface area contributed by atoms with Crippen LogP contribution in [-0.4, -0.2) is 36.5 Å². The predicted molar refractivity (Wildman–Crippen MR) is 81.8 cm³/mol. The zero-order valence-electron chi connectivity index (χ0n) is 11.2. The molecule has 0 spiro atoms. The number of hydrogen-bond donors (Lipinski definition) is 1. The van der Waals surface area contributed by atoms with Crippen LogP contribution in [0.4, 0.5) is 0 Å². The van der Waals surface area contributed by atoms with Crippen molar-refractivity contribution in [1.82, 2.24) is 10.2 Å². The van der Waals surface area contributed by atoms with Crippen LogP contribution in [-0.2, 0) is 0 Å². The molecule has 1 aliphatic rings. The summed E-state index contributed by atoms with van der Waals surface area (Å²) in [5, 5.41) is 3.96. The van der Waals surface area contributed by atoms with Crippen molar-refractivity contribution in [3.8, 4) is 0 Å². The van der Waals surface area contributed by atoms with Gasteiger partial charge in [0.05, 0.1) is 5.02 Å². The molecule has 104 valence electrons. The normalized spacial score (nSPS) is 18.4. The molecule has 0 bridgehead atoms. The number of carbonyl (C=O) groups excluding carboxylic acids is 1. The molecule has 2 rings (SSSR count). The summed E-state index contributed by atoms with van der Waals surface area (Å²) in [4.78, 5) is 14.3. The van der Waals surface area contributed by atoms with Crippen molar-refractivity contribution in [2.75, 3.05) is 20.1 Å². The van der Waals surface area contributed by atoms with Gasteiger partial charge >= 0.3 is 0 Å². The van der Waals surface area contributed by atoms with E-state index in [-0.39, 0.29) is 11.4 Å². The van der Waals surface area contributed by atoms with Crippen LogP contribution < -0.4 is 5.32 Å². The molecule has 0 unspecified atom stereocenters. The third-order valence-corrected chi connectivity index (χ3v) is 5.14. The molecule has 1 heterocycles. The van der Waals surface area contributed by atoms with Gasteiger partial charge in [-0.1, -0.05) is 11.6 Å². The predicted octanol–water partition coefficient (Wildman–Crippen LogP) is 3.32. The molecular formula is C14H18BrClN2O. The minimum Gasteiger partial charge on any atom is -0.339 e. The summed E-state index contributed by atoms with van der Waals surface area (Å²) in [6, 6.07) is 5.32. The molecule has 1 amide bonds. The third-order valence-electron chi connectivity index (χ3n) is 3.92.